The van der Waals surface area contributed by atoms with Crippen LogP contribution in [-0.4, -0.2) is 22.6 Å². The summed E-state index contributed by atoms with van der Waals surface area (Å²) in [5.41, 5.74) is 1.59. The van der Waals surface area contributed by atoms with Gasteiger partial charge in [0.1, 0.15) is 11.5 Å². The standard InChI is InChI=1S/C15H16BrN3O2/c1-10-9-13(18-21-10)14-7-4-8-19(14)15(20)17-12-6-3-2-5-11(12)16/h2-3,5-6,9,14H,4,7-8H2,1H3,(H,17,20). The first-order chi connectivity index (χ1) is 10.1. The zero-order chi connectivity index (χ0) is 14.8. The van der Waals surface area contributed by atoms with Gasteiger partial charge in [-0.25, -0.2) is 4.79 Å². The molecular formula is C15H16BrN3O2. The molecular weight excluding hydrogens is 334 g/mol. The zero-order valence-corrected chi connectivity index (χ0v) is 13.3. The molecule has 1 fully saturated rings. The molecule has 0 radical (unpaired) electrons. The number of aromatic nitrogens is 1. The molecule has 1 N–H and O–H groups in total. The highest BCUT2D eigenvalue weighted by molar-refractivity contribution is 9.10. The molecule has 2 aromatic rings. The lowest BCUT2D eigenvalue weighted by Crippen LogP contribution is -2.34. The molecule has 3 rings (SSSR count). The van der Waals surface area contributed by atoms with Crippen LogP contribution in [0.1, 0.15) is 30.3 Å². The van der Waals surface area contributed by atoms with Crippen molar-refractivity contribution in [3.8, 4) is 0 Å². The van der Waals surface area contributed by atoms with Crippen LogP contribution in [0.15, 0.2) is 39.3 Å². The monoisotopic (exact) mass is 349 g/mol. The minimum atomic E-state index is -0.106. The highest BCUT2D eigenvalue weighted by Crippen LogP contribution is 2.32. The van der Waals surface area contributed by atoms with Gasteiger partial charge in [0, 0.05) is 17.1 Å². The lowest BCUT2D eigenvalue weighted by Gasteiger charge is -2.23. The number of carbonyl (C=O) groups is 1. The van der Waals surface area contributed by atoms with E-state index in [0.717, 1.165) is 41.0 Å². The maximum Gasteiger partial charge on any atom is 0.322 e. The van der Waals surface area contributed by atoms with E-state index < -0.39 is 0 Å². The molecule has 1 aromatic carbocycles. The Hall–Kier alpha value is -1.82. The predicted molar refractivity (Wildman–Crippen MR) is 83.1 cm³/mol. The Bertz CT molecular complexity index is 656. The summed E-state index contributed by atoms with van der Waals surface area (Å²) in [5.74, 6) is 0.767. The van der Waals surface area contributed by atoms with E-state index in [1.165, 1.54) is 0 Å². The van der Waals surface area contributed by atoms with Crippen LogP contribution in [0.2, 0.25) is 0 Å². The summed E-state index contributed by atoms with van der Waals surface area (Å²) in [6.45, 7) is 2.59. The van der Waals surface area contributed by atoms with Crippen molar-refractivity contribution in [2.45, 2.75) is 25.8 Å². The Morgan fingerprint density at radius 2 is 2.29 bits per heavy atom. The molecule has 1 saturated heterocycles. The minimum absolute atomic E-state index is 0.00932. The third-order valence-electron chi connectivity index (χ3n) is 3.62. The minimum Gasteiger partial charge on any atom is -0.361 e. The van der Waals surface area contributed by atoms with Crippen molar-refractivity contribution < 1.29 is 9.32 Å². The van der Waals surface area contributed by atoms with E-state index in [4.69, 9.17) is 4.52 Å². The van der Waals surface area contributed by atoms with E-state index in [0.29, 0.717) is 0 Å². The smallest absolute Gasteiger partial charge is 0.322 e. The van der Waals surface area contributed by atoms with E-state index in [-0.39, 0.29) is 12.1 Å². The lowest BCUT2D eigenvalue weighted by molar-refractivity contribution is 0.204. The number of anilines is 1. The number of aryl methyl sites for hydroxylation is 1. The van der Waals surface area contributed by atoms with Gasteiger partial charge in [-0.3, -0.25) is 0 Å². The maximum atomic E-state index is 12.5. The molecule has 1 unspecified atom stereocenters. The van der Waals surface area contributed by atoms with Gasteiger partial charge in [-0.15, -0.1) is 0 Å². The third kappa shape index (κ3) is 2.95. The Morgan fingerprint density at radius 3 is 3.00 bits per heavy atom. The van der Waals surface area contributed by atoms with E-state index in [2.05, 4.69) is 26.4 Å². The second-order valence-corrected chi connectivity index (χ2v) is 5.98. The van der Waals surface area contributed by atoms with Gasteiger partial charge in [0.2, 0.25) is 0 Å². The van der Waals surface area contributed by atoms with Gasteiger partial charge in [-0.1, -0.05) is 17.3 Å². The van der Waals surface area contributed by atoms with E-state index >= 15 is 0 Å². The number of carbonyl (C=O) groups excluding carboxylic acids is 1. The number of hydrogen-bond donors (Lipinski definition) is 1. The third-order valence-corrected chi connectivity index (χ3v) is 4.31. The first-order valence-corrected chi connectivity index (χ1v) is 7.70. The molecule has 2 heterocycles. The lowest BCUT2D eigenvalue weighted by atomic mass is 10.1. The summed E-state index contributed by atoms with van der Waals surface area (Å²) in [7, 11) is 0. The molecule has 1 aliphatic rings. The van der Waals surface area contributed by atoms with E-state index in [1.807, 2.05) is 42.2 Å². The van der Waals surface area contributed by atoms with E-state index in [1.54, 1.807) is 0 Å². The number of urea groups is 1. The number of nitrogens with zero attached hydrogens (tertiary/aromatic N) is 2. The summed E-state index contributed by atoms with van der Waals surface area (Å²) in [6.07, 6.45) is 1.88. The number of halogens is 1. The number of hydrogen-bond acceptors (Lipinski definition) is 3. The molecule has 0 spiro atoms. The summed E-state index contributed by atoms with van der Waals surface area (Å²) in [4.78, 5) is 14.3. The van der Waals surface area contributed by atoms with Crippen LogP contribution in [0, 0.1) is 6.92 Å². The van der Waals surface area contributed by atoms with E-state index in [9.17, 15) is 4.79 Å². The fraction of sp³-hybridized carbons (Fsp3) is 0.333. The molecule has 1 aromatic heterocycles. The fourth-order valence-corrected chi connectivity index (χ4v) is 2.99. The highest BCUT2D eigenvalue weighted by atomic mass is 79.9. The molecule has 0 aliphatic carbocycles. The average molecular weight is 350 g/mol. The topological polar surface area (TPSA) is 58.4 Å². The Kier molecular flexibility index (Phi) is 3.96. The van der Waals surface area contributed by atoms with Crippen molar-refractivity contribution >= 4 is 27.6 Å². The second-order valence-electron chi connectivity index (χ2n) is 5.12. The molecule has 1 atom stereocenters. The zero-order valence-electron chi connectivity index (χ0n) is 11.7. The molecule has 2 amide bonds. The number of amides is 2. The number of para-hydroxylation sites is 1. The Balaban J connectivity index is 1.76. The molecule has 0 bridgehead atoms. The van der Waals surface area contributed by atoms with Gasteiger partial charge in [0.05, 0.1) is 11.7 Å². The maximum absolute atomic E-state index is 12.5. The van der Waals surface area contributed by atoms with Crippen LogP contribution in [0.3, 0.4) is 0 Å². The summed E-state index contributed by atoms with van der Waals surface area (Å²) >= 11 is 3.44. The van der Waals surface area contributed by atoms with Crippen molar-refractivity contribution in [1.82, 2.24) is 10.1 Å². The van der Waals surface area contributed by atoms with Crippen LogP contribution >= 0.6 is 15.9 Å². The van der Waals surface area contributed by atoms with Crippen molar-refractivity contribution in [3.63, 3.8) is 0 Å². The summed E-state index contributed by atoms with van der Waals surface area (Å²) in [5, 5.41) is 6.99. The first kappa shape index (κ1) is 14.1. The van der Waals surface area contributed by atoms with Crippen LogP contribution in [0.5, 0.6) is 0 Å². The van der Waals surface area contributed by atoms with Crippen molar-refractivity contribution in [2.24, 2.45) is 0 Å². The van der Waals surface area contributed by atoms with Gasteiger partial charge in [0.15, 0.2) is 0 Å². The molecule has 6 heteroatoms. The molecule has 110 valence electrons. The number of likely N-dealkylation sites (tertiary alicyclic amines) is 1. The quantitative estimate of drug-likeness (QED) is 0.887. The molecule has 5 nitrogen and oxygen atoms in total. The second kappa shape index (κ2) is 5.89. The molecule has 0 saturated carbocycles. The van der Waals surface area contributed by atoms with Crippen LogP contribution < -0.4 is 5.32 Å². The van der Waals surface area contributed by atoms with Crippen LogP contribution in [0.4, 0.5) is 10.5 Å². The highest BCUT2D eigenvalue weighted by Gasteiger charge is 2.32. The van der Waals surface area contributed by atoms with Gasteiger partial charge >= 0.3 is 6.03 Å². The van der Waals surface area contributed by atoms with Crippen molar-refractivity contribution in [3.05, 3.63) is 46.3 Å². The summed E-state index contributed by atoms with van der Waals surface area (Å²) < 4.78 is 5.99. The van der Waals surface area contributed by atoms with Crippen molar-refractivity contribution in [2.75, 3.05) is 11.9 Å². The van der Waals surface area contributed by atoms with Crippen LogP contribution in [0.25, 0.3) is 0 Å². The molecule has 21 heavy (non-hydrogen) atoms. The van der Waals surface area contributed by atoms with Gasteiger partial charge in [0.25, 0.3) is 0 Å². The summed E-state index contributed by atoms with van der Waals surface area (Å²) in [6, 6.07) is 9.36. The predicted octanol–water partition coefficient (Wildman–Crippen LogP) is 4.11. The van der Waals surface area contributed by atoms with Gasteiger partial charge in [-0.05, 0) is 47.8 Å². The normalized spacial score (nSPS) is 18.0. The first-order valence-electron chi connectivity index (χ1n) is 6.90. The van der Waals surface area contributed by atoms with Gasteiger partial charge < -0.3 is 14.7 Å². The number of rotatable bonds is 2. The van der Waals surface area contributed by atoms with Gasteiger partial charge in [-0.2, -0.15) is 0 Å². The van der Waals surface area contributed by atoms with Crippen molar-refractivity contribution in [1.29, 1.82) is 0 Å². The molecule has 1 aliphatic heterocycles. The SMILES string of the molecule is Cc1cc(C2CCCN2C(=O)Nc2ccccc2Br)no1. The number of nitrogens with one attached hydrogen (secondary N) is 1. The largest absolute Gasteiger partial charge is 0.361 e. The fourth-order valence-electron chi connectivity index (χ4n) is 2.61. The Labute approximate surface area is 131 Å². The average Bonchev–Trinajstić information content (AvgIpc) is 3.09. The Morgan fingerprint density at radius 1 is 1.48 bits per heavy atom. The number of benzene rings is 1. The van der Waals surface area contributed by atoms with Crippen LogP contribution in [-0.2, 0) is 0 Å².